The van der Waals surface area contributed by atoms with Gasteiger partial charge in [-0.3, -0.25) is 14.6 Å². The number of nitrogens with zero attached hydrogens (tertiary/aromatic N) is 2. The molecular formula is C20H21F4N3O3. The highest BCUT2D eigenvalue weighted by molar-refractivity contribution is 5.94. The molecule has 0 spiro atoms. The third kappa shape index (κ3) is 6.78. The van der Waals surface area contributed by atoms with Crippen LogP contribution in [0.4, 0.5) is 17.6 Å². The first-order chi connectivity index (χ1) is 14.0. The summed E-state index contributed by atoms with van der Waals surface area (Å²) in [7, 11) is 0. The van der Waals surface area contributed by atoms with Crippen molar-refractivity contribution in [3.05, 3.63) is 52.2 Å². The van der Waals surface area contributed by atoms with Gasteiger partial charge < -0.3 is 10.1 Å². The first kappa shape index (κ1) is 23.2. The summed E-state index contributed by atoms with van der Waals surface area (Å²) >= 11 is 0. The van der Waals surface area contributed by atoms with Gasteiger partial charge in [-0.2, -0.15) is 13.2 Å². The number of halogens is 4. The molecule has 0 bridgehead atoms. The van der Waals surface area contributed by atoms with Gasteiger partial charge in [-0.1, -0.05) is 6.92 Å². The molecular weight excluding hydrogens is 406 g/mol. The normalized spacial score (nSPS) is 11.3. The molecule has 162 valence electrons. The number of hydrogen-bond donors (Lipinski definition) is 1. The number of Topliss-reactive ketones (excluding diaryl/α,β-unsaturated/α-hetero) is 1. The fourth-order valence-corrected chi connectivity index (χ4v) is 2.59. The number of alkyl halides is 3. The van der Waals surface area contributed by atoms with E-state index in [9.17, 15) is 27.2 Å². The number of hydrogen-bond acceptors (Lipinski definition) is 5. The molecule has 0 aliphatic rings. The van der Waals surface area contributed by atoms with Crippen molar-refractivity contribution in [3.8, 4) is 5.88 Å². The number of nitrogens with one attached hydrogen (secondary N) is 1. The van der Waals surface area contributed by atoms with Crippen LogP contribution in [0, 0.1) is 19.7 Å². The van der Waals surface area contributed by atoms with Gasteiger partial charge in [0.1, 0.15) is 5.78 Å². The summed E-state index contributed by atoms with van der Waals surface area (Å²) in [5.41, 5.74) is 1.83. The van der Waals surface area contributed by atoms with Gasteiger partial charge in [0.05, 0.1) is 0 Å². The minimum atomic E-state index is -4.61. The van der Waals surface area contributed by atoms with Crippen molar-refractivity contribution in [3.63, 3.8) is 0 Å². The highest BCUT2D eigenvalue weighted by atomic mass is 19.4. The molecule has 0 aliphatic carbocycles. The maximum absolute atomic E-state index is 14.0. The molecule has 0 saturated carbocycles. The SMILES string of the molecule is CCC(=O)Cc1cc(C(=O)NCc2cc(F)c(OCC(F)(F)F)nc2C)cc(C)n1. The molecule has 2 heterocycles. The van der Waals surface area contributed by atoms with Crippen LogP contribution in [0.3, 0.4) is 0 Å². The summed E-state index contributed by atoms with van der Waals surface area (Å²) < 4.78 is 55.0. The summed E-state index contributed by atoms with van der Waals surface area (Å²) in [4.78, 5) is 32.0. The molecule has 2 aromatic heterocycles. The van der Waals surface area contributed by atoms with Crippen LogP contribution in [0.1, 0.15) is 46.3 Å². The van der Waals surface area contributed by atoms with Crippen molar-refractivity contribution in [1.29, 1.82) is 0 Å². The summed E-state index contributed by atoms with van der Waals surface area (Å²) in [6, 6.07) is 4.03. The van der Waals surface area contributed by atoms with Crippen molar-refractivity contribution in [2.24, 2.45) is 0 Å². The van der Waals surface area contributed by atoms with Crippen LogP contribution in [0.25, 0.3) is 0 Å². The molecule has 0 radical (unpaired) electrons. The predicted molar refractivity (Wildman–Crippen MR) is 99.6 cm³/mol. The van der Waals surface area contributed by atoms with E-state index in [0.717, 1.165) is 6.07 Å². The van der Waals surface area contributed by atoms with Gasteiger partial charge in [0.15, 0.2) is 12.4 Å². The summed E-state index contributed by atoms with van der Waals surface area (Å²) in [5, 5.41) is 2.60. The number of aryl methyl sites for hydroxylation is 2. The Morgan fingerprint density at radius 2 is 1.83 bits per heavy atom. The molecule has 0 saturated heterocycles. The Kier molecular flexibility index (Phi) is 7.47. The quantitative estimate of drug-likeness (QED) is 0.651. The third-order valence-electron chi connectivity index (χ3n) is 4.09. The number of ether oxygens (including phenoxy) is 1. The van der Waals surface area contributed by atoms with Gasteiger partial charge in [-0.05, 0) is 37.6 Å². The fourth-order valence-electron chi connectivity index (χ4n) is 2.59. The van der Waals surface area contributed by atoms with Gasteiger partial charge in [0.2, 0.25) is 0 Å². The van der Waals surface area contributed by atoms with Gasteiger partial charge in [0, 0.05) is 42.0 Å². The molecule has 0 unspecified atom stereocenters. The minimum absolute atomic E-state index is 0.00976. The zero-order valence-corrected chi connectivity index (χ0v) is 16.7. The topological polar surface area (TPSA) is 81.2 Å². The summed E-state index contributed by atoms with van der Waals surface area (Å²) in [5.74, 6) is -2.29. The monoisotopic (exact) mass is 427 g/mol. The van der Waals surface area contributed by atoms with Crippen LogP contribution >= 0.6 is 0 Å². The number of carbonyl (C=O) groups is 2. The first-order valence-electron chi connectivity index (χ1n) is 9.11. The average molecular weight is 427 g/mol. The molecule has 30 heavy (non-hydrogen) atoms. The highest BCUT2D eigenvalue weighted by Gasteiger charge is 2.29. The van der Waals surface area contributed by atoms with E-state index in [2.05, 4.69) is 20.0 Å². The number of amides is 1. The molecule has 0 atom stereocenters. The van der Waals surface area contributed by atoms with Crippen LogP contribution in [0.5, 0.6) is 5.88 Å². The second-order valence-corrected chi connectivity index (χ2v) is 6.66. The van der Waals surface area contributed by atoms with Crippen molar-refractivity contribution < 1.29 is 31.9 Å². The van der Waals surface area contributed by atoms with E-state index in [-0.39, 0.29) is 35.6 Å². The van der Waals surface area contributed by atoms with E-state index in [4.69, 9.17) is 0 Å². The van der Waals surface area contributed by atoms with Crippen LogP contribution in [0.2, 0.25) is 0 Å². The molecule has 2 aromatic rings. The Labute approximate surface area is 170 Å². The highest BCUT2D eigenvalue weighted by Crippen LogP contribution is 2.22. The Balaban J connectivity index is 2.09. The van der Waals surface area contributed by atoms with Crippen LogP contribution in [-0.2, 0) is 17.8 Å². The van der Waals surface area contributed by atoms with E-state index in [0.29, 0.717) is 17.8 Å². The van der Waals surface area contributed by atoms with Gasteiger partial charge in [-0.15, -0.1) is 0 Å². The largest absolute Gasteiger partial charge is 0.466 e. The standard InChI is InChI=1S/C20H21F4N3O3/c1-4-16(28)8-15-6-13(5-11(2)26-15)18(29)25-9-14-7-17(21)19(27-12(14)3)30-10-20(22,23)24/h5-7H,4,8-10H2,1-3H3,(H,25,29). The summed E-state index contributed by atoms with van der Waals surface area (Å²) in [6.07, 6.45) is -4.14. The zero-order valence-electron chi connectivity index (χ0n) is 16.7. The molecule has 0 fully saturated rings. The van der Waals surface area contributed by atoms with Crippen LogP contribution in [-0.4, -0.2) is 34.4 Å². The molecule has 6 nitrogen and oxygen atoms in total. The molecule has 0 aliphatic heterocycles. The maximum atomic E-state index is 14.0. The molecule has 1 N–H and O–H groups in total. The van der Waals surface area contributed by atoms with Gasteiger partial charge >= 0.3 is 6.18 Å². The lowest BCUT2D eigenvalue weighted by molar-refractivity contribution is -0.154. The van der Waals surface area contributed by atoms with Crippen LogP contribution in [0.15, 0.2) is 18.2 Å². The van der Waals surface area contributed by atoms with Crippen molar-refractivity contribution in [2.45, 2.75) is 46.3 Å². The van der Waals surface area contributed by atoms with E-state index < -0.39 is 30.4 Å². The van der Waals surface area contributed by atoms with Crippen molar-refractivity contribution in [2.75, 3.05) is 6.61 Å². The number of rotatable bonds is 8. The maximum Gasteiger partial charge on any atom is 0.422 e. The lowest BCUT2D eigenvalue weighted by Crippen LogP contribution is -2.24. The predicted octanol–water partition coefficient (Wildman–Crippen LogP) is 3.63. The number of ketones is 1. The molecule has 1 amide bonds. The Bertz CT molecular complexity index is 946. The van der Waals surface area contributed by atoms with E-state index in [1.54, 1.807) is 19.9 Å². The average Bonchev–Trinajstić information content (AvgIpc) is 2.65. The third-order valence-corrected chi connectivity index (χ3v) is 4.09. The number of pyridine rings is 2. The van der Waals surface area contributed by atoms with Gasteiger partial charge in [0.25, 0.3) is 11.8 Å². The van der Waals surface area contributed by atoms with Crippen molar-refractivity contribution in [1.82, 2.24) is 15.3 Å². The summed E-state index contributed by atoms with van der Waals surface area (Å²) in [6.45, 7) is 3.14. The number of aromatic nitrogens is 2. The lowest BCUT2D eigenvalue weighted by Gasteiger charge is -2.13. The van der Waals surface area contributed by atoms with E-state index in [1.807, 2.05) is 0 Å². The molecule has 10 heteroatoms. The number of carbonyl (C=O) groups excluding carboxylic acids is 2. The lowest BCUT2D eigenvalue weighted by atomic mass is 10.1. The van der Waals surface area contributed by atoms with E-state index in [1.165, 1.54) is 13.0 Å². The second-order valence-electron chi connectivity index (χ2n) is 6.66. The second kappa shape index (κ2) is 9.64. The van der Waals surface area contributed by atoms with Crippen LogP contribution < -0.4 is 10.1 Å². The first-order valence-corrected chi connectivity index (χ1v) is 9.11. The molecule has 0 aromatic carbocycles. The molecule has 2 rings (SSSR count). The minimum Gasteiger partial charge on any atom is -0.466 e. The Morgan fingerprint density at radius 1 is 1.13 bits per heavy atom. The smallest absolute Gasteiger partial charge is 0.422 e. The zero-order chi connectivity index (χ0) is 22.5. The van der Waals surface area contributed by atoms with E-state index >= 15 is 0 Å². The Hall–Kier alpha value is -3.04. The van der Waals surface area contributed by atoms with Gasteiger partial charge in [-0.25, -0.2) is 9.37 Å². The van der Waals surface area contributed by atoms with Crippen molar-refractivity contribution >= 4 is 11.7 Å². The fraction of sp³-hybridized carbons (Fsp3) is 0.400. The Morgan fingerprint density at radius 3 is 2.47 bits per heavy atom.